The first kappa shape index (κ1) is 13.2. The summed E-state index contributed by atoms with van der Waals surface area (Å²) in [5.74, 6) is 1.17. The van der Waals surface area contributed by atoms with Gasteiger partial charge in [0.1, 0.15) is 12.1 Å². The Labute approximate surface area is 126 Å². The van der Waals surface area contributed by atoms with Gasteiger partial charge in [0.05, 0.1) is 30.9 Å². The minimum absolute atomic E-state index is 0.00915. The van der Waals surface area contributed by atoms with E-state index in [4.69, 9.17) is 0 Å². The molecule has 0 bridgehead atoms. The molecule has 0 spiro atoms. The second kappa shape index (κ2) is 5.38. The average molecular weight is 299 g/mol. The van der Waals surface area contributed by atoms with Crippen molar-refractivity contribution in [3.8, 4) is 0 Å². The largest absolute Gasteiger partial charge is 0.391 e. The zero-order valence-electron chi connectivity index (χ0n) is 11.9. The maximum Gasteiger partial charge on any atom is 0.175 e. The van der Waals surface area contributed by atoms with Gasteiger partial charge in [-0.1, -0.05) is 0 Å². The quantitative estimate of drug-likeness (QED) is 0.731. The highest BCUT2D eigenvalue weighted by Gasteiger charge is 2.33. The predicted molar refractivity (Wildman–Crippen MR) is 79.2 cm³/mol. The topological polar surface area (TPSA) is 93.2 Å². The van der Waals surface area contributed by atoms with Crippen LogP contribution in [-0.2, 0) is 6.54 Å². The molecule has 8 nitrogen and oxygen atoms in total. The van der Waals surface area contributed by atoms with E-state index < -0.39 is 0 Å². The van der Waals surface area contributed by atoms with Crippen LogP contribution in [0.5, 0.6) is 0 Å². The van der Waals surface area contributed by atoms with Gasteiger partial charge in [0.25, 0.3) is 0 Å². The number of fused-ring (bicyclic) bond motifs is 1. The molecule has 8 heteroatoms. The van der Waals surface area contributed by atoms with Crippen LogP contribution in [0, 0.1) is 5.92 Å². The maximum absolute atomic E-state index is 10.3. The van der Waals surface area contributed by atoms with E-state index in [1.54, 1.807) is 23.1 Å². The molecule has 22 heavy (non-hydrogen) atoms. The molecule has 114 valence electrons. The summed E-state index contributed by atoms with van der Waals surface area (Å²) in [5.41, 5.74) is 0.687. The summed E-state index contributed by atoms with van der Waals surface area (Å²) in [7, 11) is 0. The number of aliphatic hydroxyl groups is 1. The molecule has 0 aliphatic heterocycles. The lowest BCUT2D eigenvalue weighted by atomic mass is 10.1. The molecular formula is C14H17N7O. The Morgan fingerprint density at radius 1 is 1.27 bits per heavy atom. The van der Waals surface area contributed by atoms with Crippen LogP contribution in [0.15, 0.2) is 37.4 Å². The van der Waals surface area contributed by atoms with Crippen molar-refractivity contribution < 1.29 is 5.11 Å². The Kier molecular flexibility index (Phi) is 3.23. The van der Waals surface area contributed by atoms with Crippen LogP contribution in [-0.4, -0.2) is 46.4 Å². The Bertz CT molecular complexity index is 753. The minimum atomic E-state index is -0.382. The van der Waals surface area contributed by atoms with E-state index >= 15 is 0 Å². The number of hydrogen-bond donors (Lipinski definition) is 2. The fourth-order valence-corrected chi connectivity index (χ4v) is 3.16. The number of nitrogens with one attached hydrogen (secondary N) is 1. The molecule has 3 aromatic heterocycles. The standard InChI is InChI=1S/C14H17N7O/c22-12-4-10(7-20-2-1-15-9-20)3-11(12)19-14-6-16-5-13-17-8-18-21(13)14/h1-2,5-6,8-12,19,22H,3-4,7H2/t10?,11-,12-/m1/s1. The van der Waals surface area contributed by atoms with Crippen LogP contribution in [0.2, 0.25) is 0 Å². The number of aliphatic hydroxyl groups excluding tert-OH is 1. The summed E-state index contributed by atoms with van der Waals surface area (Å²) in [4.78, 5) is 12.3. The van der Waals surface area contributed by atoms with E-state index in [0.717, 1.165) is 25.2 Å². The van der Waals surface area contributed by atoms with Gasteiger partial charge in [-0.15, -0.1) is 0 Å². The third-order valence-electron chi connectivity index (χ3n) is 4.18. The van der Waals surface area contributed by atoms with Gasteiger partial charge in [-0.3, -0.25) is 4.98 Å². The Hall–Kier alpha value is -2.48. The molecule has 3 aromatic rings. The molecule has 0 radical (unpaired) electrons. The molecule has 1 aliphatic carbocycles. The zero-order valence-corrected chi connectivity index (χ0v) is 11.9. The second-order valence-electron chi connectivity index (χ2n) is 5.74. The van der Waals surface area contributed by atoms with E-state index in [2.05, 4.69) is 29.9 Å². The van der Waals surface area contributed by atoms with Crippen molar-refractivity contribution in [1.82, 2.24) is 29.1 Å². The molecule has 1 aliphatic rings. The molecular weight excluding hydrogens is 282 g/mol. The first-order valence-corrected chi connectivity index (χ1v) is 7.33. The smallest absolute Gasteiger partial charge is 0.175 e. The first-order valence-electron chi connectivity index (χ1n) is 7.33. The highest BCUT2D eigenvalue weighted by atomic mass is 16.3. The van der Waals surface area contributed by atoms with Gasteiger partial charge in [0.15, 0.2) is 5.65 Å². The van der Waals surface area contributed by atoms with Gasteiger partial charge in [-0.25, -0.2) is 9.97 Å². The Balaban J connectivity index is 1.48. The molecule has 4 rings (SSSR count). The van der Waals surface area contributed by atoms with Gasteiger partial charge in [0, 0.05) is 18.9 Å². The van der Waals surface area contributed by atoms with Gasteiger partial charge < -0.3 is 15.0 Å². The van der Waals surface area contributed by atoms with E-state index in [1.807, 2.05) is 12.5 Å². The van der Waals surface area contributed by atoms with Crippen LogP contribution in [0.3, 0.4) is 0 Å². The van der Waals surface area contributed by atoms with Gasteiger partial charge >= 0.3 is 0 Å². The minimum Gasteiger partial charge on any atom is -0.391 e. The summed E-state index contributed by atoms with van der Waals surface area (Å²) >= 11 is 0. The molecule has 1 saturated carbocycles. The number of hydrogen-bond acceptors (Lipinski definition) is 6. The van der Waals surface area contributed by atoms with Gasteiger partial charge in [0.2, 0.25) is 0 Å². The lowest BCUT2D eigenvalue weighted by molar-refractivity contribution is 0.166. The summed E-state index contributed by atoms with van der Waals surface area (Å²) in [6, 6.07) is -0.00915. The molecule has 1 fully saturated rings. The number of rotatable bonds is 4. The van der Waals surface area contributed by atoms with Crippen molar-refractivity contribution >= 4 is 11.5 Å². The van der Waals surface area contributed by atoms with E-state index in [1.165, 1.54) is 6.33 Å². The molecule has 1 unspecified atom stereocenters. The van der Waals surface area contributed by atoms with E-state index in [-0.39, 0.29) is 12.1 Å². The molecule has 0 amide bonds. The monoisotopic (exact) mass is 299 g/mol. The number of nitrogens with zero attached hydrogens (tertiary/aromatic N) is 6. The van der Waals surface area contributed by atoms with Crippen molar-refractivity contribution in [2.45, 2.75) is 31.5 Å². The third kappa shape index (κ3) is 2.41. The summed E-state index contributed by atoms with van der Waals surface area (Å²) in [5, 5.41) is 17.8. The summed E-state index contributed by atoms with van der Waals surface area (Å²) in [6.07, 6.45) is 11.7. The Morgan fingerprint density at radius 2 is 2.23 bits per heavy atom. The van der Waals surface area contributed by atoms with Crippen LogP contribution >= 0.6 is 0 Å². The van der Waals surface area contributed by atoms with E-state index in [0.29, 0.717) is 11.6 Å². The van der Waals surface area contributed by atoms with Crippen molar-refractivity contribution in [2.24, 2.45) is 5.92 Å². The lowest BCUT2D eigenvalue weighted by Gasteiger charge is -2.17. The second-order valence-corrected chi connectivity index (χ2v) is 5.74. The highest BCUT2D eigenvalue weighted by molar-refractivity contribution is 5.45. The first-order chi connectivity index (χ1) is 10.8. The van der Waals surface area contributed by atoms with Gasteiger partial charge in [-0.05, 0) is 18.8 Å². The average Bonchev–Trinajstić information content (AvgIpc) is 3.22. The van der Waals surface area contributed by atoms with Gasteiger partial charge in [-0.2, -0.15) is 9.61 Å². The summed E-state index contributed by atoms with van der Waals surface area (Å²) in [6.45, 7) is 0.876. The van der Waals surface area contributed by atoms with Crippen molar-refractivity contribution in [3.05, 3.63) is 37.4 Å². The summed E-state index contributed by atoms with van der Waals surface area (Å²) < 4.78 is 3.75. The van der Waals surface area contributed by atoms with Crippen molar-refractivity contribution in [1.29, 1.82) is 0 Å². The molecule has 3 atom stereocenters. The zero-order chi connectivity index (χ0) is 14.9. The maximum atomic E-state index is 10.3. The van der Waals surface area contributed by atoms with Crippen molar-refractivity contribution in [3.63, 3.8) is 0 Å². The van der Waals surface area contributed by atoms with Crippen LogP contribution in [0.25, 0.3) is 5.65 Å². The molecule has 3 heterocycles. The SMILES string of the molecule is O[C@@H]1CC(Cn2ccnc2)C[C@H]1Nc1cncc2ncnn12. The third-order valence-corrected chi connectivity index (χ3v) is 4.18. The molecule has 0 saturated heterocycles. The van der Waals surface area contributed by atoms with Crippen LogP contribution < -0.4 is 5.32 Å². The fourth-order valence-electron chi connectivity index (χ4n) is 3.16. The molecule has 2 N–H and O–H groups in total. The van der Waals surface area contributed by atoms with Crippen LogP contribution in [0.1, 0.15) is 12.8 Å². The molecule has 0 aromatic carbocycles. The number of anilines is 1. The fraction of sp³-hybridized carbons (Fsp3) is 0.429. The van der Waals surface area contributed by atoms with Crippen LogP contribution in [0.4, 0.5) is 5.82 Å². The predicted octanol–water partition coefficient (Wildman–Crippen LogP) is 0.572. The van der Waals surface area contributed by atoms with Crippen molar-refractivity contribution in [2.75, 3.05) is 5.32 Å². The number of aromatic nitrogens is 6. The Morgan fingerprint density at radius 3 is 3.09 bits per heavy atom. The normalized spacial score (nSPS) is 24.9. The lowest BCUT2D eigenvalue weighted by Crippen LogP contribution is -2.29. The number of imidazole rings is 1. The highest BCUT2D eigenvalue weighted by Crippen LogP contribution is 2.29. The van der Waals surface area contributed by atoms with E-state index in [9.17, 15) is 5.11 Å².